The average Bonchev–Trinajstić information content (AvgIpc) is 2.63. The third-order valence-corrected chi connectivity index (χ3v) is 1.81. The van der Waals surface area contributed by atoms with Gasteiger partial charge in [0.15, 0.2) is 0 Å². The summed E-state index contributed by atoms with van der Waals surface area (Å²) in [5.41, 5.74) is -0.430. The van der Waals surface area contributed by atoms with Gasteiger partial charge in [0, 0.05) is 6.61 Å². The highest BCUT2D eigenvalue weighted by molar-refractivity contribution is 5.68. The van der Waals surface area contributed by atoms with E-state index in [-0.39, 0.29) is 18.2 Å². The molecule has 4 heteroatoms. The summed E-state index contributed by atoms with van der Waals surface area (Å²) in [6.45, 7) is 8.18. The molecule has 0 aromatic heterocycles. The molecule has 1 aliphatic carbocycles. The molecular weight excluding hydrogens is 182 g/mol. The van der Waals surface area contributed by atoms with Crippen LogP contribution in [0.4, 0.5) is 4.79 Å². The summed E-state index contributed by atoms with van der Waals surface area (Å²) in [5.74, 6) is 0. The first kappa shape index (κ1) is 11.3. The van der Waals surface area contributed by atoms with Crippen LogP contribution in [0, 0.1) is 0 Å². The summed E-state index contributed by atoms with van der Waals surface area (Å²) >= 11 is 0. The van der Waals surface area contributed by atoms with Gasteiger partial charge in [0.05, 0.1) is 12.1 Å². The van der Waals surface area contributed by atoms with Gasteiger partial charge in [-0.3, -0.25) is 0 Å². The van der Waals surface area contributed by atoms with Crippen LogP contribution in [-0.2, 0) is 9.47 Å². The zero-order chi connectivity index (χ0) is 10.8. The van der Waals surface area contributed by atoms with E-state index >= 15 is 0 Å². The van der Waals surface area contributed by atoms with E-state index in [0.29, 0.717) is 6.61 Å². The molecule has 1 fully saturated rings. The number of carbonyl (C=O) groups is 1. The van der Waals surface area contributed by atoms with Gasteiger partial charge < -0.3 is 14.8 Å². The maximum absolute atomic E-state index is 11.3. The molecule has 0 radical (unpaired) electrons. The highest BCUT2D eigenvalue weighted by Gasteiger charge is 2.40. The average molecular weight is 201 g/mol. The van der Waals surface area contributed by atoms with Gasteiger partial charge >= 0.3 is 6.09 Å². The summed E-state index contributed by atoms with van der Waals surface area (Å²) in [4.78, 5) is 11.3. The Hall–Kier alpha value is -0.770. The van der Waals surface area contributed by atoms with Gasteiger partial charge in [-0.15, -0.1) is 0 Å². The van der Waals surface area contributed by atoms with E-state index in [1.807, 2.05) is 27.7 Å². The number of rotatable bonds is 3. The quantitative estimate of drug-likeness (QED) is 0.755. The number of ether oxygens (including phenoxy) is 2. The third-order valence-electron chi connectivity index (χ3n) is 1.81. The number of amides is 1. The topological polar surface area (TPSA) is 47.6 Å². The molecule has 0 heterocycles. The Bertz CT molecular complexity index is 210. The van der Waals surface area contributed by atoms with Crippen LogP contribution >= 0.6 is 0 Å². The fourth-order valence-corrected chi connectivity index (χ4v) is 1.18. The minimum Gasteiger partial charge on any atom is -0.444 e. The fraction of sp³-hybridized carbons (Fsp3) is 0.900. The van der Waals surface area contributed by atoms with Crippen molar-refractivity contribution in [2.24, 2.45) is 0 Å². The predicted molar refractivity (Wildman–Crippen MR) is 53.2 cm³/mol. The minimum atomic E-state index is -0.430. The van der Waals surface area contributed by atoms with Crippen molar-refractivity contribution in [2.75, 3.05) is 6.61 Å². The number of hydrogen-bond acceptors (Lipinski definition) is 3. The molecule has 14 heavy (non-hydrogen) atoms. The van der Waals surface area contributed by atoms with Crippen LogP contribution in [0.5, 0.6) is 0 Å². The molecule has 82 valence electrons. The standard InChI is InChI=1S/C10H19NO3/c1-5-13-8-6-7(8)11-9(12)14-10(2,3)4/h7-8H,5-6H2,1-4H3,(H,11,12)/t7-,8+/m1/s1. The van der Waals surface area contributed by atoms with Crippen molar-refractivity contribution in [1.29, 1.82) is 0 Å². The number of hydrogen-bond donors (Lipinski definition) is 1. The van der Waals surface area contributed by atoms with Crippen molar-refractivity contribution in [3.8, 4) is 0 Å². The fourth-order valence-electron chi connectivity index (χ4n) is 1.18. The van der Waals surface area contributed by atoms with Gasteiger partial charge in [-0.1, -0.05) is 0 Å². The molecule has 0 saturated heterocycles. The molecule has 2 atom stereocenters. The molecule has 0 bridgehead atoms. The van der Waals surface area contributed by atoms with E-state index in [1.165, 1.54) is 0 Å². The second-order valence-corrected chi connectivity index (χ2v) is 4.48. The van der Waals surface area contributed by atoms with Crippen LogP contribution in [-0.4, -0.2) is 30.4 Å². The molecular formula is C10H19NO3. The molecule has 1 rings (SSSR count). The lowest BCUT2D eigenvalue weighted by Gasteiger charge is -2.19. The van der Waals surface area contributed by atoms with E-state index < -0.39 is 5.60 Å². The van der Waals surface area contributed by atoms with E-state index in [2.05, 4.69) is 5.32 Å². The van der Waals surface area contributed by atoms with Crippen LogP contribution in [0.15, 0.2) is 0 Å². The zero-order valence-corrected chi connectivity index (χ0v) is 9.29. The summed E-state index contributed by atoms with van der Waals surface area (Å²) in [7, 11) is 0. The third kappa shape index (κ3) is 3.96. The molecule has 1 saturated carbocycles. The Labute approximate surface area is 85.0 Å². The Morgan fingerprint density at radius 2 is 2.14 bits per heavy atom. The van der Waals surface area contributed by atoms with Crippen LogP contribution in [0.25, 0.3) is 0 Å². The van der Waals surface area contributed by atoms with Gasteiger partial charge in [0.1, 0.15) is 5.60 Å². The Morgan fingerprint density at radius 3 is 2.64 bits per heavy atom. The highest BCUT2D eigenvalue weighted by Crippen LogP contribution is 2.25. The minimum absolute atomic E-state index is 0.143. The lowest BCUT2D eigenvalue weighted by molar-refractivity contribution is 0.0499. The summed E-state index contributed by atoms with van der Waals surface area (Å²) < 4.78 is 10.4. The van der Waals surface area contributed by atoms with Gasteiger partial charge in [-0.25, -0.2) is 4.79 Å². The number of carbonyl (C=O) groups excluding carboxylic acids is 1. The van der Waals surface area contributed by atoms with Crippen molar-refractivity contribution in [3.05, 3.63) is 0 Å². The number of alkyl carbamates (subject to hydrolysis) is 1. The van der Waals surface area contributed by atoms with Gasteiger partial charge in [-0.2, -0.15) is 0 Å². The second kappa shape index (κ2) is 4.17. The van der Waals surface area contributed by atoms with Gasteiger partial charge in [0.2, 0.25) is 0 Å². The molecule has 0 aromatic carbocycles. The van der Waals surface area contributed by atoms with Crippen LogP contribution in [0.2, 0.25) is 0 Å². The van der Waals surface area contributed by atoms with E-state index in [1.54, 1.807) is 0 Å². The molecule has 0 spiro atoms. The van der Waals surface area contributed by atoms with E-state index in [4.69, 9.17) is 9.47 Å². The lowest BCUT2D eigenvalue weighted by atomic mass is 10.2. The van der Waals surface area contributed by atoms with Crippen molar-refractivity contribution in [3.63, 3.8) is 0 Å². The van der Waals surface area contributed by atoms with Crippen LogP contribution in [0.1, 0.15) is 34.1 Å². The smallest absolute Gasteiger partial charge is 0.407 e. The zero-order valence-electron chi connectivity index (χ0n) is 9.29. The first-order valence-corrected chi connectivity index (χ1v) is 5.03. The molecule has 0 aromatic rings. The lowest BCUT2D eigenvalue weighted by Crippen LogP contribution is -2.35. The molecule has 1 amide bonds. The maximum Gasteiger partial charge on any atom is 0.407 e. The van der Waals surface area contributed by atoms with Crippen molar-refractivity contribution in [2.45, 2.75) is 51.9 Å². The molecule has 4 nitrogen and oxygen atoms in total. The molecule has 1 aliphatic rings. The normalized spacial score (nSPS) is 25.7. The van der Waals surface area contributed by atoms with Crippen LogP contribution in [0.3, 0.4) is 0 Å². The Morgan fingerprint density at radius 1 is 1.50 bits per heavy atom. The molecule has 0 aliphatic heterocycles. The van der Waals surface area contributed by atoms with E-state index in [9.17, 15) is 4.79 Å². The SMILES string of the molecule is CCO[C@H]1C[C@H]1NC(=O)OC(C)(C)C. The van der Waals surface area contributed by atoms with Crippen LogP contribution < -0.4 is 5.32 Å². The summed E-state index contributed by atoms with van der Waals surface area (Å²) in [5, 5.41) is 2.76. The highest BCUT2D eigenvalue weighted by atomic mass is 16.6. The predicted octanol–water partition coefficient (Wildman–Crippen LogP) is 1.69. The second-order valence-electron chi connectivity index (χ2n) is 4.48. The van der Waals surface area contributed by atoms with Gasteiger partial charge in [0.25, 0.3) is 0 Å². The van der Waals surface area contributed by atoms with Crippen molar-refractivity contribution in [1.82, 2.24) is 5.32 Å². The van der Waals surface area contributed by atoms with E-state index in [0.717, 1.165) is 6.42 Å². The maximum atomic E-state index is 11.3. The first-order chi connectivity index (χ1) is 6.42. The molecule has 1 N–H and O–H groups in total. The largest absolute Gasteiger partial charge is 0.444 e. The summed E-state index contributed by atoms with van der Waals surface area (Å²) in [6.07, 6.45) is 0.727. The number of nitrogens with one attached hydrogen (secondary N) is 1. The van der Waals surface area contributed by atoms with Crippen molar-refractivity contribution >= 4 is 6.09 Å². The van der Waals surface area contributed by atoms with Gasteiger partial charge in [-0.05, 0) is 34.1 Å². The first-order valence-electron chi connectivity index (χ1n) is 5.03. The Kier molecular flexibility index (Phi) is 3.37. The Balaban J connectivity index is 2.17. The monoisotopic (exact) mass is 201 g/mol. The summed E-state index contributed by atoms with van der Waals surface area (Å²) in [6, 6.07) is 0.143. The molecule has 0 unspecified atom stereocenters. The van der Waals surface area contributed by atoms with Crippen molar-refractivity contribution < 1.29 is 14.3 Å².